The summed E-state index contributed by atoms with van der Waals surface area (Å²) in [6.45, 7) is 3.70. The number of benzene rings is 1. The van der Waals surface area contributed by atoms with Crippen LogP contribution in [0.1, 0.15) is 12.5 Å². The largest absolute Gasteiger partial charge is 0.308 e. The molecule has 1 aromatic carbocycles. The van der Waals surface area contributed by atoms with Crippen molar-refractivity contribution >= 4 is 26.8 Å². The molecule has 0 unspecified atom stereocenters. The maximum absolute atomic E-state index is 4.50. The minimum atomic E-state index is 0.300. The molecular weight excluding hydrogens is 330 g/mol. The first-order chi connectivity index (χ1) is 10.2. The maximum atomic E-state index is 4.50. The van der Waals surface area contributed by atoms with E-state index < -0.39 is 0 Å². The Morgan fingerprint density at radius 3 is 3.05 bits per heavy atom. The smallest absolute Gasteiger partial charge is 0.137 e. The second-order valence-electron chi connectivity index (χ2n) is 5.01. The summed E-state index contributed by atoms with van der Waals surface area (Å²) in [5.74, 6) is 0. The molecule has 0 fully saturated rings. The molecule has 0 spiro atoms. The highest BCUT2D eigenvalue weighted by Crippen LogP contribution is 2.25. The van der Waals surface area contributed by atoms with Crippen molar-refractivity contribution in [3.05, 3.63) is 53.2 Å². The zero-order chi connectivity index (χ0) is 14.7. The maximum Gasteiger partial charge on any atom is 0.137 e. The molecule has 6 heteroatoms. The molecule has 2 heterocycles. The molecular formula is C15H16BrN5. The van der Waals surface area contributed by atoms with Crippen molar-refractivity contribution in [2.24, 2.45) is 0 Å². The van der Waals surface area contributed by atoms with Gasteiger partial charge in [-0.2, -0.15) is 5.10 Å². The Bertz CT molecular complexity index is 726. The van der Waals surface area contributed by atoms with Gasteiger partial charge in [0.15, 0.2) is 0 Å². The van der Waals surface area contributed by atoms with Crippen LogP contribution in [0.25, 0.3) is 10.9 Å². The number of pyridine rings is 1. The monoisotopic (exact) mass is 345 g/mol. The van der Waals surface area contributed by atoms with E-state index in [1.54, 1.807) is 12.7 Å². The Morgan fingerprint density at radius 2 is 2.24 bits per heavy atom. The number of nitrogens with one attached hydrogen (secondary N) is 1. The number of hydrogen-bond donors (Lipinski definition) is 1. The topological polar surface area (TPSA) is 55.6 Å². The second kappa shape index (κ2) is 6.32. The van der Waals surface area contributed by atoms with Gasteiger partial charge in [0, 0.05) is 28.6 Å². The highest BCUT2D eigenvalue weighted by molar-refractivity contribution is 9.10. The molecule has 0 bridgehead atoms. The van der Waals surface area contributed by atoms with Gasteiger partial charge in [-0.25, -0.2) is 4.98 Å². The van der Waals surface area contributed by atoms with Crippen molar-refractivity contribution in [3.63, 3.8) is 0 Å². The first-order valence-corrected chi connectivity index (χ1v) is 7.61. The Morgan fingerprint density at radius 1 is 1.33 bits per heavy atom. The summed E-state index contributed by atoms with van der Waals surface area (Å²) < 4.78 is 2.90. The van der Waals surface area contributed by atoms with Crippen molar-refractivity contribution in [3.8, 4) is 0 Å². The van der Waals surface area contributed by atoms with E-state index in [9.17, 15) is 0 Å². The van der Waals surface area contributed by atoms with Gasteiger partial charge in [-0.1, -0.05) is 28.1 Å². The Labute approximate surface area is 131 Å². The SMILES string of the molecule is C[C@H](Cn1cncn1)NCc1ccc(Br)c2cccnc12. The molecule has 108 valence electrons. The number of aromatic nitrogens is 4. The van der Waals surface area contributed by atoms with E-state index in [2.05, 4.69) is 61.4 Å². The fourth-order valence-corrected chi connectivity index (χ4v) is 2.75. The Hall–Kier alpha value is -1.79. The van der Waals surface area contributed by atoms with Crippen molar-refractivity contribution in [1.82, 2.24) is 25.1 Å². The number of halogens is 1. The summed E-state index contributed by atoms with van der Waals surface area (Å²) in [5, 5.41) is 8.76. The van der Waals surface area contributed by atoms with Crippen LogP contribution >= 0.6 is 15.9 Å². The van der Waals surface area contributed by atoms with E-state index in [1.165, 1.54) is 5.56 Å². The van der Waals surface area contributed by atoms with Crippen LogP contribution in [0, 0.1) is 0 Å². The molecule has 5 nitrogen and oxygen atoms in total. The van der Waals surface area contributed by atoms with Crippen LogP contribution in [0.15, 0.2) is 47.6 Å². The predicted octanol–water partition coefficient (Wildman–Crippen LogP) is 2.77. The zero-order valence-electron chi connectivity index (χ0n) is 11.7. The minimum Gasteiger partial charge on any atom is -0.308 e. The third-order valence-electron chi connectivity index (χ3n) is 3.37. The predicted molar refractivity (Wildman–Crippen MR) is 85.8 cm³/mol. The molecule has 1 N–H and O–H groups in total. The van der Waals surface area contributed by atoms with E-state index in [4.69, 9.17) is 0 Å². The molecule has 0 radical (unpaired) electrons. The molecule has 3 rings (SSSR count). The van der Waals surface area contributed by atoms with Gasteiger partial charge in [0.2, 0.25) is 0 Å². The van der Waals surface area contributed by atoms with Crippen LogP contribution in [-0.2, 0) is 13.1 Å². The number of rotatable bonds is 5. The molecule has 0 amide bonds. The zero-order valence-corrected chi connectivity index (χ0v) is 13.3. The van der Waals surface area contributed by atoms with Crippen molar-refractivity contribution in [2.75, 3.05) is 0 Å². The minimum absolute atomic E-state index is 0.300. The summed E-state index contributed by atoms with van der Waals surface area (Å²) in [4.78, 5) is 8.45. The summed E-state index contributed by atoms with van der Waals surface area (Å²) in [6, 6.07) is 8.51. The van der Waals surface area contributed by atoms with E-state index >= 15 is 0 Å². The van der Waals surface area contributed by atoms with Gasteiger partial charge in [-0.3, -0.25) is 9.67 Å². The molecule has 0 aliphatic heterocycles. The number of nitrogens with zero attached hydrogens (tertiary/aromatic N) is 4. The number of fused-ring (bicyclic) bond motifs is 1. The molecule has 0 aliphatic rings. The van der Waals surface area contributed by atoms with Gasteiger partial charge in [-0.15, -0.1) is 0 Å². The molecule has 0 saturated carbocycles. The highest BCUT2D eigenvalue weighted by Gasteiger charge is 2.08. The summed E-state index contributed by atoms with van der Waals surface area (Å²) in [5.41, 5.74) is 2.23. The lowest BCUT2D eigenvalue weighted by Crippen LogP contribution is -2.30. The van der Waals surface area contributed by atoms with Gasteiger partial charge >= 0.3 is 0 Å². The van der Waals surface area contributed by atoms with Crippen LogP contribution in [-0.4, -0.2) is 25.8 Å². The van der Waals surface area contributed by atoms with E-state index in [1.807, 2.05) is 16.9 Å². The highest BCUT2D eigenvalue weighted by atomic mass is 79.9. The molecule has 1 atom stereocenters. The number of hydrogen-bond acceptors (Lipinski definition) is 4. The molecule has 21 heavy (non-hydrogen) atoms. The first kappa shape index (κ1) is 14.2. The third-order valence-corrected chi connectivity index (χ3v) is 4.06. The van der Waals surface area contributed by atoms with Gasteiger partial charge in [0.05, 0.1) is 12.1 Å². The fraction of sp³-hybridized carbons (Fsp3) is 0.267. The van der Waals surface area contributed by atoms with Gasteiger partial charge in [0.1, 0.15) is 12.7 Å². The lowest BCUT2D eigenvalue weighted by Gasteiger charge is -2.14. The van der Waals surface area contributed by atoms with Gasteiger partial charge in [-0.05, 0) is 24.6 Å². The Balaban J connectivity index is 1.72. The molecule has 0 saturated heterocycles. The lowest BCUT2D eigenvalue weighted by atomic mass is 10.1. The molecule has 2 aromatic heterocycles. The normalized spacial score (nSPS) is 12.7. The molecule has 3 aromatic rings. The van der Waals surface area contributed by atoms with Gasteiger partial charge < -0.3 is 5.32 Å². The first-order valence-electron chi connectivity index (χ1n) is 6.82. The van der Waals surface area contributed by atoms with E-state index in [-0.39, 0.29) is 0 Å². The summed E-state index contributed by atoms with van der Waals surface area (Å²) in [6.07, 6.45) is 5.12. The average molecular weight is 346 g/mol. The van der Waals surface area contributed by atoms with E-state index in [0.717, 1.165) is 28.5 Å². The standard InChI is InChI=1S/C15H16BrN5/c1-11(8-21-10-17-9-20-21)19-7-12-4-5-14(16)13-3-2-6-18-15(12)13/h2-6,9-11,19H,7-8H2,1H3/t11-/m1/s1. The summed E-state index contributed by atoms with van der Waals surface area (Å²) in [7, 11) is 0. The van der Waals surface area contributed by atoms with Crippen molar-refractivity contribution in [1.29, 1.82) is 0 Å². The van der Waals surface area contributed by atoms with Crippen molar-refractivity contribution < 1.29 is 0 Å². The van der Waals surface area contributed by atoms with Crippen LogP contribution in [0.5, 0.6) is 0 Å². The second-order valence-corrected chi connectivity index (χ2v) is 5.86. The lowest BCUT2D eigenvalue weighted by molar-refractivity contribution is 0.450. The van der Waals surface area contributed by atoms with E-state index in [0.29, 0.717) is 6.04 Å². The average Bonchev–Trinajstić information content (AvgIpc) is 3.00. The Kier molecular flexibility index (Phi) is 4.26. The molecule has 0 aliphatic carbocycles. The summed E-state index contributed by atoms with van der Waals surface area (Å²) >= 11 is 3.57. The quantitative estimate of drug-likeness (QED) is 0.772. The van der Waals surface area contributed by atoms with Crippen LogP contribution in [0.3, 0.4) is 0 Å². The third kappa shape index (κ3) is 3.28. The van der Waals surface area contributed by atoms with Crippen LogP contribution < -0.4 is 5.32 Å². The van der Waals surface area contributed by atoms with Crippen LogP contribution in [0.2, 0.25) is 0 Å². The van der Waals surface area contributed by atoms with Crippen LogP contribution in [0.4, 0.5) is 0 Å². The fourth-order valence-electron chi connectivity index (χ4n) is 2.30. The van der Waals surface area contributed by atoms with Gasteiger partial charge in [0.25, 0.3) is 0 Å². The van der Waals surface area contributed by atoms with Crippen molar-refractivity contribution in [2.45, 2.75) is 26.1 Å².